The standard InChI is InChI=1S/C14H22IN3O2S/c1-5-16-13-10(15)11(14(2,3)4)17-12(18-13)9-6-7-21(19,20)8-9/h9H,5-8H2,1-4H3,(H,16,17,18). The molecule has 7 heteroatoms. The molecule has 0 saturated carbocycles. The molecule has 1 saturated heterocycles. The van der Waals surface area contributed by atoms with Crippen LogP contribution in [0.2, 0.25) is 0 Å². The van der Waals surface area contributed by atoms with E-state index in [4.69, 9.17) is 4.98 Å². The average molecular weight is 423 g/mol. The third-order valence-electron chi connectivity index (χ3n) is 3.52. The fraction of sp³-hybridized carbons (Fsp3) is 0.714. The summed E-state index contributed by atoms with van der Waals surface area (Å²) in [5, 5.41) is 3.26. The van der Waals surface area contributed by atoms with Crippen molar-refractivity contribution in [2.24, 2.45) is 0 Å². The summed E-state index contributed by atoms with van der Waals surface area (Å²) in [6, 6.07) is 0. The molecule has 1 N–H and O–H groups in total. The summed E-state index contributed by atoms with van der Waals surface area (Å²) in [6.07, 6.45) is 0.623. The van der Waals surface area contributed by atoms with Crippen molar-refractivity contribution in [3.8, 4) is 0 Å². The predicted molar refractivity (Wildman–Crippen MR) is 93.6 cm³/mol. The van der Waals surface area contributed by atoms with E-state index in [1.165, 1.54) is 0 Å². The van der Waals surface area contributed by atoms with E-state index in [1.54, 1.807) is 0 Å². The van der Waals surface area contributed by atoms with E-state index >= 15 is 0 Å². The van der Waals surface area contributed by atoms with Gasteiger partial charge in [-0.3, -0.25) is 0 Å². The van der Waals surface area contributed by atoms with Crippen molar-refractivity contribution in [1.29, 1.82) is 0 Å². The van der Waals surface area contributed by atoms with Crippen LogP contribution in [0.4, 0.5) is 5.82 Å². The molecule has 1 aromatic rings. The third kappa shape index (κ3) is 3.85. The van der Waals surface area contributed by atoms with Crippen molar-refractivity contribution in [2.45, 2.75) is 45.4 Å². The summed E-state index contributed by atoms with van der Waals surface area (Å²) in [7, 11) is -2.93. The number of hydrogen-bond donors (Lipinski definition) is 1. The van der Waals surface area contributed by atoms with Crippen LogP contribution in [-0.4, -0.2) is 36.4 Å². The van der Waals surface area contributed by atoms with Crippen molar-refractivity contribution in [2.75, 3.05) is 23.4 Å². The maximum atomic E-state index is 11.7. The molecule has 1 fully saturated rings. The normalized spacial score (nSPS) is 21.5. The minimum Gasteiger partial charge on any atom is -0.369 e. The molecular weight excluding hydrogens is 401 g/mol. The zero-order valence-corrected chi connectivity index (χ0v) is 15.9. The van der Waals surface area contributed by atoms with E-state index < -0.39 is 9.84 Å². The monoisotopic (exact) mass is 423 g/mol. The Morgan fingerprint density at radius 3 is 2.48 bits per heavy atom. The van der Waals surface area contributed by atoms with Crippen molar-refractivity contribution in [1.82, 2.24) is 9.97 Å². The smallest absolute Gasteiger partial charge is 0.151 e. The summed E-state index contributed by atoms with van der Waals surface area (Å²) >= 11 is 2.27. The number of halogens is 1. The molecule has 1 aliphatic heterocycles. The van der Waals surface area contributed by atoms with Crippen LogP contribution in [0.15, 0.2) is 0 Å². The summed E-state index contributed by atoms with van der Waals surface area (Å²) in [5.41, 5.74) is 0.879. The van der Waals surface area contributed by atoms with E-state index in [2.05, 4.69) is 53.7 Å². The second-order valence-corrected chi connectivity index (χ2v) is 9.78. The Kier molecular flexibility index (Phi) is 4.82. The lowest BCUT2D eigenvalue weighted by atomic mass is 9.91. The quantitative estimate of drug-likeness (QED) is 0.758. The van der Waals surface area contributed by atoms with Crippen LogP contribution in [-0.2, 0) is 15.3 Å². The Bertz CT molecular complexity index is 638. The molecule has 0 radical (unpaired) electrons. The zero-order valence-electron chi connectivity index (χ0n) is 12.9. The lowest BCUT2D eigenvalue weighted by molar-refractivity contribution is 0.552. The Morgan fingerprint density at radius 2 is 2.00 bits per heavy atom. The van der Waals surface area contributed by atoms with Gasteiger partial charge in [0.2, 0.25) is 0 Å². The number of rotatable bonds is 3. The van der Waals surface area contributed by atoms with Gasteiger partial charge in [-0.15, -0.1) is 0 Å². The number of hydrogen-bond acceptors (Lipinski definition) is 5. The molecule has 2 heterocycles. The van der Waals surface area contributed by atoms with E-state index in [0.29, 0.717) is 12.2 Å². The molecule has 0 bridgehead atoms. The van der Waals surface area contributed by atoms with Gasteiger partial charge in [-0.1, -0.05) is 20.8 Å². The molecule has 0 aliphatic carbocycles. The number of sulfone groups is 1. The minimum absolute atomic E-state index is 0.0782. The zero-order chi connectivity index (χ0) is 15.8. The number of aromatic nitrogens is 2. The van der Waals surface area contributed by atoms with Gasteiger partial charge in [0.15, 0.2) is 9.84 Å². The van der Waals surface area contributed by atoms with Gasteiger partial charge in [0.1, 0.15) is 11.6 Å². The summed E-state index contributed by atoms with van der Waals surface area (Å²) in [4.78, 5) is 9.30. The van der Waals surface area contributed by atoms with Crippen LogP contribution >= 0.6 is 22.6 Å². The molecule has 5 nitrogen and oxygen atoms in total. The molecule has 1 unspecified atom stereocenters. The fourth-order valence-electron chi connectivity index (χ4n) is 2.43. The first-order valence-electron chi connectivity index (χ1n) is 7.16. The summed E-state index contributed by atoms with van der Waals surface area (Å²) < 4.78 is 24.4. The fourth-order valence-corrected chi connectivity index (χ4v) is 5.41. The van der Waals surface area contributed by atoms with Gasteiger partial charge >= 0.3 is 0 Å². The van der Waals surface area contributed by atoms with Crippen molar-refractivity contribution in [3.63, 3.8) is 0 Å². The van der Waals surface area contributed by atoms with E-state index in [0.717, 1.165) is 21.6 Å². The average Bonchev–Trinajstić information content (AvgIpc) is 2.71. The molecule has 1 aromatic heterocycles. The largest absolute Gasteiger partial charge is 0.369 e. The lowest BCUT2D eigenvalue weighted by Crippen LogP contribution is -2.21. The summed E-state index contributed by atoms with van der Waals surface area (Å²) in [5.74, 6) is 1.82. The Morgan fingerprint density at radius 1 is 1.33 bits per heavy atom. The molecule has 0 aromatic carbocycles. The second kappa shape index (κ2) is 5.98. The highest BCUT2D eigenvalue weighted by Crippen LogP contribution is 2.33. The molecule has 1 aliphatic rings. The number of nitrogens with zero attached hydrogens (tertiary/aromatic N) is 2. The van der Waals surface area contributed by atoms with E-state index in [9.17, 15) is 8.42 Å². The topological polar surface area (TPSA) is 72.0 Å². The van der Waals surface area contributed by atoms with Gasteiger partial charge in [0.25, 0.3) is 0 Å². The maximum absolute atomic E-state index is 11.7. The third-order valence-corrected chi connectivity index (χ3v) is 6.31. The van der Waals surface area contributed by atoms with Crippen LogP contribution in [0.1, 0.15) is 51.6 Å². The van der Waals surface area contributed by atoms with Gasteiger partial charge in [-0.2, -0.15) is 0 Å². The van der Waals surface area contributed by atoms with Gasteiger partial charge in [0, 0.05) is 17.9 Å². The number of anilines is 1. The minimum atomic E-state index is -2.93. The van der Waals surface area contributed by atoms with Crippen LogP contribution in [0, 0.1) is 3.57 Å². The first-order valence-corrected chi connectivity index (χ1v) is 10.1. The van der Waals surface area contributed by atoms with Crippen LogP contribution in [0.25, 0.3) is 0 Å². The van der Waals surface area contributed by atoms with Crippen LogP contribution < -0.4 is 5.32 Å². The Hall–Kier alpha value is -0.440. The predicted octanol–water partition coefficient (Wildman–Crippen LogP) is 2.71. The molecule has 21 heavy (non-hydrogen) atoms. The first kappa shape index (κ1) is 16.9. The molecule has 118 valence electrons. The van der Waals surface area contributed by atoms with E-state index in [-0.39, 0.29) is 22.8 Å². The van der Waals surface area contributed by atoms with Crippen molar-refractivity contribution < 1.29 is 8.42 Å². The molecule has 1 atom stereocenters. The second-order valence-electron chi connectivity index (χ2n) is 6.47. The van der Waals surface area contributed by atoms with Crippen LogP contribution in [0.3, 0.4) is 0 Å². The molecule has 0 spiro atoms. The number of nitrogens with one attached hydrogen (secondary N) is 1. The van der Waals surface area contributed by atoms with E-state index in [1.807, 2.05) is 6.92 Å². The highest BCUT2D eigenvalue weighted by atomic mass is 127. The van der Waals surface area contributed by atoms with Gasteiger partial charge in [0.05, 0.1) is 20.8 Å². The molecular formula is C14H22IN3O2S. The highest BCUT2D eigenvalue weighted by Gasteiger charge is 2.33. The van der Waals surface area contributed by atoms with Gasteiger partial charge in [-0.05, 0) is 35.9 Å². The van der Waals surface area contributed by atoms with Gasteiger partial charge < -0.3 is 5.32 Å². The maximum Gasteiger partial charge on any atom is 0.151 e. The Labute approximate surface area is 140 Å². The first-order chi connectivity index (χ1) is 9.64. The molecule has 2 rings (SSSR count). The summed E-state index contributed by atoms with van der Waals surface area (Å²) in [6.45, 7) is 9.14. The van der Waals surface area contributed by atoms with Crippen molar-refractivity contribution >= 4 is 38.2 Å². The van der Waals surface area contributed by atoms with Crippen molar-refractivity contribution in [3.05, 3.63) is 15.1 Å². The molecule has 0 amide bonds. The highest BCUT2D eigenvalue weighted by molar-refractivity contribution is 14.1. The Balaban J connectivity index is 2.49. The SMILES string of the molecule is CCNc1nc(C2CCS(=O)(=O)C2)nc(C(C)(C)C)c1I. The van der Waals surface area contributed by atoms with Crippen LogP contribution in [0.5, 0.6) is 0 Å². The van der Waals surface area contributed by atoms with Gasteiger partial charge in [-0.25, -0.2) is 18.4 Å². The lowest BCUT2D eigenvalue weighted by Gasteiger charge is -2.23.